The van der Waals surface area contributed by atoms with Crippen LogP contribution in [0.25, 0.3) is 0 Å². The fraction of sp³-hybridized carbons (Fsp3) is 0.133. The molecule has 0 unspecified atom stereocenters. The zero-order chi connectivity index (χ0) is 15.2. The molecular weight excluding hydrogens is 360 g/mol. The van der Waals surface area contributed by atoms with Gasteiger partial charge < -0.3 is 5.32 Å². The fourth-order valence-corrected chi connectivity index (χ4v) is 2.62. The number of rotatable bonds is 5. The van der Waals surface area contributed by atoms with E-state index in [-0.39, 0.29) is 29.8 Å². The summed E-state index contributed by atoms with van der Waals surface area (Å²) >= 11 is 4.19. The van der Waals surface area contributed by atoms with Crippen LogP contribution in [0.3, 0.4) is 0 Å². The first-order valence-corrected chi connectivity index (χ1v) is 7.92. The highest BCUT2D eigenvalue weighted by Crippen LogP contribution is 2.21. The van der Waals surface area contributed by atoms with Crippen molar-refractivity contribution in [1.29, 1.82) is 0 Å². The van der Waals surface area contributed by atoms with E-state index in [0.29, 0.717) is 14.9 Å². The summed E-state index contributed by atoms with van der Waals surface area (Å²) in [5, 5.41) is 2.67. The highest BCUT2D eigenvalue weighted by atomic mass is 79.9. The van der Waals surface area contributed by atoms with Crippen molar-refractivity contribution in [2.75, 3.05) is 5.75 Å². The second-order valence-electron chi connectivity index (χ2n) is 4.24. The molecule has 0 spiro atoms. The van der Waals surface area contributed by atoms with E-state index in [0.717, 1.165) is 11.8 Å². The Morgan fingerprint density at radius 1 is 1.14 bits per heavy atom. The van der Waals surface area contributed by atoms with Crippen molar-refractivity contribution < 1.29 is 13.6 Å². The Morgan fingerprint density at radius 3 is 2.62 bits per heavy atom. The van der Waals surface area contributed by atoms with Gasteiger partial charge in [0.1, 0.15) is 11.6 Å². The second-order valence-corrected chi connectivity index (χ2v) is 6.12. The number of hydrogen-bond acceptors (Lipinski definition) is 2. The van der Waals surface area contributed by atoms with E-state index in [1.165, 1.54) is 12.1 Å². The molecule has 2 aromatic rings. The normalized spacial score (nSPS) is 10.4. The summed E-state index contributed by atoms with van der Waals surface area (Å²) in [6.45, 7) is 0.237. The maximum atomic E-state index is 13.4. The van der Waals surface area contributed by atoms with Gasteiger partial charge in [-0.3, -0.25) is 4.79 Å². The predicted molar refractivity (Wildman–Crippen MR) is 83.1 cm³/mol. The molecule has 0 aliphatic carbocycles. The second kappa shape index (κ2) is 7.56. The van der Waals surface area contributed by atoms with Crippen molar-refractivity contribution >= 4 is 33.6 Å². The fourth-order valence-electron chi connectivity index (χ4n) is 1.61. The summed E-state index contributed by atoms with van der Waals surface area (Å²) in [5.74, 6) is -0.834. The van der Waals surface area contributed by atoms with Gasteiger partial charge in [0.2, 0.25) is 5.91 Å². The van der Waals surface area contributed by atoms with Gasteiger partial charge in [0.25, 0.3) is 0 Å². The Labute approximate surface area is 134 Å². The molecule has 0 aliphatic rings. The molecule has 0 atom stereocenters. The number of carbonyl (C=O) groups excluding carboxylic acids is 1. The number of nitrogens with one attached hydrogen (secondary N) is 1. The van der Waals surface area contributed by atoms with E-state index < -0.39 is 0 Å². The lowest BCUT2D eigenvalue weighted by Gasteiger charge is -2.06. The summed E-state index contributed by atoms with van der Waals surface area (Å²) < 4.78 is 27.1. The highest BCUT2D eigenvalue weighted by molar-refractivity contribution is 9.10. The van der Waals surface area contributed by atoms with Gasteiger partial charge in [-0.25, -0.2) is 8.78 Å². The average Bonchev–Trinajstić information content (AvgIpc) is 2.47. The number of carbonyl (C=O) groups is 1. The Kier molecular flexibility index (Phi) is 5.76. The van der Waals surface area contributed by atoms with Crippen LogP contribution in [0.5, 0.6) is 0 Å². The topological polar surface area (TPSA) is 29.1 Å². The summed E-state index contributed by atoms with van der Waals surface area (Å²) in [4.78, 5) is 12.1. The van der Waals surface area contributed by atoms with Gasteiger partial charge in [0.15, 0.2) is 0 Å². The van der Waals surface area contributed by atoms with Gasteiger partial charge >= 0.3 is 0 Å². The highest BCUT2D eigenvalue weighted by Gasteiger charge is 2.07. The van der Waals surface area contributed by atoms with E-state index in [9.17, 15) is 13.6 Å². The van der Waals surface area contributed by atoms with Crippen molar-refractivity contribution in [1.82, 2.24) is 5.32 Å². The molecular formula is C15H12BrF2NOS. The summed E-state index contributed by atoms with van der Waals surface area (Å²) in [7, 11) is 0. The van der Waals surface area contributed by atoms with Crippen LogP contribution in [0.1, 0.15) is 5.56 Å². The van der Waals surface area contributed by atoms with Crippen molar-refractivity contribution in [2.24, 2.45) is 0 Å². The molecule has 0 aromatic heterocycles. The Morgan fingerprint density at radius 2 is 1.90 bits per heavy atom. The monoisotopic (exact) mass is 371 g/mol. The number of thioether (sulfide) groups is 1. The van der Waals surface area contributed by atoms with E-state index in [4.69, 9.17) is 0 Å². The lowest BCUT2D eigenvalue weighted by molar-refractivity contribution is -0.118. The number of amides is 1. The Bertz CT molecular complexity index is 651. The first-order chi connectivity index (χ1) is 10.1. The van der Waals surface area contributed by atoms with Crippen LogP contribution in [-0.2, 0) is 11.3 Å². The van der Waals surface area contributed by atoms with Crippen molar-refractivity contribution in [2.45, 2.75) is 11.4 Å². The van der Waals surface area contributed by atoms with Crippen LogP contribution in [0.15, 0.2) is 51.8 Å². The van der Waals surface area contributed by atoms with Crippen molar-refractivity contribution in [3.8, 4) is 0 Å². The van der Waals surface area contributed by atoms with Crippen LogP contribution in [0.2, 0.25) is 0 Å². The zero-order valence-electron chi connectivity index (χ0n) is 10.9. The maximum absolute atomic E-state index is 13.4. The summed E-state index contributed by atoms with van der Waals surface area (Å²) in [5.41, 5.74) is 0.667. The third-order valence-electron chi connectivity index (χ3n) is 2.67. The molecule has 0 saturated carbocycles. The predicted octanol–water partition coefficient (Wildman–Crippen LogP) is 4.14. The van der Waals surface area contributed by atoms with Gasteiger partial charge in [0.05, 0.1) is 10.2 Å². The van der Waals surface area contributed by atoms with Crippen molar-refractivity contribution in [3.63, 3.8) is 0 Å². The van der Waals surface area contributed by atoms with Crippen LogP contribution in [0, 0.1) is 11.6 Å². The minimum absolute atomic E-state index is 0.111. The first-order valence-electron chi connectivity index (χ1n) is 6.14. The molecule has 0 bridgehead atoms. The van der Waals surface area contributed by atoms with Crippen molar-refractivity contribution in [3.05, 3.63) is 64.1 Å². The molecule has 1 amide bonds. The van der Waals surface area contributed by atoms with Gasteiger partial charge in [-0.15, -0.1) is 11.8 Å². The molecule has 2 rings (SSSR count). The van der Waals surface area contributed by atoms with E-state index in [1.807, 2.05) is 0 Å². The molecule has 0 fully saturated rings. The van der Waals surface area contributed by atoms with Gasteiger partial charge in [-0.2, -0.15) is 0 Å². The van der Waals surface area contributed by atoms with Gasteiger partial charge in [-0.1, -0.05) is 18.2 Å². The number of hydrogen-bond donors (Lipinski definition) is 1. The summed E-state index contributed by atoms with van der Waals surface area (Å²) in [6.07, 6.45) is 0. The van der Waals surface area contributed by atoms with Gasteiger partial charge in [-0.05, 0) is 45.8 Å². The number of halogens is 3. The van der Waals surface area contributed by atoms with Crippen LogP contribution in [0.4, 0.5) is 8.78 Å². The minimum atomic E-state index is -0.373. The lowest BCUT2D eigenvalue weighted by atomic mass is 10.2. The lowest BCUT2D eigenvalue weighted by Crippen LogP contribution is -2.24. The third-order valence-corrected chi connectivity index (χ3v) is 4.36. The van der Waals surface area contributed by atoms with Crippen LogP contribution in [-0.4, -0.2) is 11.7 Å². The SMILES string of the molecule is O=C(CSc1ccccc1F)NCc1ccc(Br)c(F)c1. The van der Waals surface area contributed by atoms with E-state index in [2.05, 4.69) is 21.2 Å². The Hall–Kier alpha value is -1.40. The zero-order valence-corrected chi connectivity index (χ0v) is 13.3. The smallest absolute Gasteiger partial charge is 0.230 e. The quantitative estimate of drug-likeness (QED) is 0.800. The van der Waals surface area contributed by atoms with Crippen LogP contribution >= 0.6 is 27.7 Å². The third kappa shape index (κ3) is 4.82. The molecule has 0 aliphatic heterocycles. The van der Waals surface area contributed by atoms with E-state index in [1.54, 1.807) is 30.3 Å². The summed E-state index contributed by atoms with van der Waals surface area (Å²) in [6, 6.07) is 11.0. The Balaban J connectivity index is 1.82. The standard InChI is InChI=1S/C15H12BrF2NOS/c16-11-6-5-10(7-13(11)18)8-19-15(20)9-21-14-4-2-1-3-12(14)17/h1-7H,8-9H2,(H,19,20). The largest absolute Gasteiger partial charge is 0.351 e. The minimum Gasteiger partial charge on any atom is -0.351 e. The first kappa shape index (κ1) is 16.0. The van der Waals surface area contributed by atoms with E-state index >= 15 is 0 Å². The molecule has 110 valence electrons. The molecule has 0 radical (unpaired) electrons. The number of benzene rings is 2. The molecule has 6 heteroatoms. The molecule has 0 saturated heterocycles. The molecule has 0 heterocycles. The molecule has 2 aromatic carbocycles. The molecule has 21 heavy (non-hydrogen) atoms. The molecule has 1 N–H and O–H groups in total. The van der Waals surface area contributed by atoms with Crippen LogP contribution < -0.4 is 5.32 Å². The maximum Gasteiger partial charge on any atom is 0.230 e. The average molecular weight is 372 g/mol. The van der Waals surface area contributed by atoms with Gasteiger partial charge in [0, 0.05) is 11.4 Å². The molecule has 2 nitrogen and oxygen atoms in total.